The average molecular weight is 360 g/mol. The molecule has 1 aromatic rings. The predicted octanol–water partition coefficient (Wildman–Crippen LogP) is 3.33. The number of nitro benzene ring substituents is 1. The molecule has 1 aliphatic rings. The van der Waals surface area contributed by atoms with Gasteiger partial charge in [0.05, 0.1) is 18.5 Å². The first kappa shape index (κ1) is 19.6. The molecular formula is C19H24N2O5. The zero-order valence-electron chi connectivity index (χ0n) is 14.9. The van der Waals surface area contributed by atoms with E-state index in [9.17, 15) is 19.7 Å². The molecule has 140 valence electrons. The van der Waals surface area contributed by atoms with Crippen molar-refractivity contribution in [3.05, 3.63) is 46.0 Å². The van der Waals surface area contributed by atoms with Gasteiger partial charge in [0.15, 0.2) is 0 Å². The molecule has 0 N–H and O–H groups in total. The SMILES string of the molecule is COC(=O)CCN(C(=O)/C=C/c1ccc([N+](=O)[O-])cc1)C1CCCCC1. The Hall–Kier alpha value is -2.70. The molecule has 0 aromatic heterocycles. The zero-order chi connectivity index (χ0) is 18.9. The molecule has 0 saturated heterocycles. The van der Waals surface area contributed by atoms with E-state index < -0.39 is 4.92 Å². The highest BCUT2D eigenvalue weighted by molar-refractivity contribution is 5.92. The molecule has 0 spiro atoms. The van der Waals surface area contributed by atoms with Gasteiger partial charge >= 0.3 is 5.97 Å². The average Bonchev–Trinajstić information content (AvgIpc) is 2.67. The van der Waals surface area contributed by atoms with Gasteiger partial charge in [0.2, 0.25) is 5.91 Å². The molecule has 1 amide bonds. The fraction of sp³-hybridized carbons (Fsp3) is 0.474. The number of hydrogen-bond donors (Lipinski definition) is 0. The van der Waals surface area contributed by atoms with Crippen LogP contribution in [0.1, 0.15) is 44.1 Å². The van der Waals surface area contributed by atoms with Crippen molar-refractivity contribution in [1.82, 2.24) is 4.90 Å². The molecule has 7 heteroatoms. The number of hydrogen-bond acceptors (Lipinski definition) is 5. The number of nitro groups is 1. The van der Waals surface area contributed by atoms with Crippen molar-refractivity contribution in [2.45, 2.75) is 44.6 Å². The van der Waals surface area contributed by atoms with Gasteiger partial charge in [0.25, 0.3) is 5.69 Å². The molecule has 0 atom stereocenters. The summed E-state index contributed by atoms with van der Waals surface area (Å²) < 4.78 is 4.68. The number of carbonyl (C=O) groups is 2. The van der Waals surface area contributed by atoms with Crippen molar-refractivity contribution in [2.75, 3.05) is 13.7 Å². The number of amides is 1. The molecule has 0 bridgehead atoms. The molecule has 0 heterocycles. The van der Waals surface area contributed by atoms with Crippen LogP contribution in [0, 0.1) is 10.1 Å². The summed E-state index contributed by atoms with van der Waals surface area (Å²) >= 11 is 0. The second-order valence-corrected chi connectivity index (χ2v) is 6.33. The fourth-order valence-electron chi connectivity index (χ4n) is 3.15. The Morgan fingerprint density at radius 2 is 1.88 bits per heavy atom. The molecule has 0 radical (unpaired) electrons. The Balaban J connectivity index is 2.05. The molecule has 26 heavy (non-hydrogen) atoms. The Morgan fingerprint density at radius 1 is 1.23 bits per heavy atom. The second kappa shape index (κ2) is 9.70. The van der Waals surface area contributed by atoms with Crippen molar-refractivity contribution in [1.29, 1.82) is 0 Å². The number of non-ortho nitro benzene ring substituents is 1. The number of ether oxygens (including phenoxy) is 1. The van der Waals surface area contributed by atoms with E-state index in [0.717, 1.165) is 25.7 Å². The van der Waals surface area contributed by atoms with Gasteiger partial charge in [0, 0.05) is 30.8 Å². The van der Waals surface area contributed by atoms with Crippen LogP contribution in [0.15, 0.2) is 30.3 Å². The number of rotatable bonds is 7. The quantitative estimate of drug-likeness (QED) is 0.322. The maximum Gasteiger partial charge on any atom is 0.307 e. The summed E-state index contributed by atoms with van der Waals surface area (Å²) in [5, 5.41) is 10.7. The summed E-state index contributed by atoms with van der Waals surface area (Å²) in [6, 6.07) is 6.14. The zero-order valence-corrected chi connectivity index (χ0v) is 14.9. The highest BCUT2D eigenvalue weighted by Gasteiger charge is 2.24. The molecule has 0 aliphatic heterocycles. The Kier molecular flexibility index (Phi) is 7.32. The smallest absolute Gasteiger partial charge is 0.307 e. The van der Waals surface area contributed by atoms with E-state index in [-0.39, 0.29) is 30.0 Å². The Morgan fingerprint density at radius 3 is 2.46 bits per heavy atom. The van der Waals surface area contributed by atoms with E-state index in [1.165, 1.54) is 31.7 Å². The summed E-state index contributed by atoms with van der Waals surface area (Å²) in [6.07, 6.45) is 8.50. The largest absolute Gasteiger partial charge is 0.469 e. The molecule has 1 fully saturated rings. The summed E-state index contributed by atoms with van der Waals surface area (Å²) in [5.41, 5.74) is 0.718. The first-order valence-electron chi connectivity index (χ1n) is 8.81. The summed E-state index contributed by atoms with van der Waals surface area (Å²) in [6.45, 7) is 0.334. The topological polar surface area (TPSA) is 89.8 Å². The minimum absolute atomic E-state index is 0.00962. The van der Waals surface area contributed by atoms with Gasteiger partial charge in [-0.2, -0.15) is 0 Å². The van der Waals surface area contributed by atoms with Crippen molar-refractivity contribution in [2.24, 2.45) is 0 Å². The van der Waals surface area contributed by atoms with Crippen LogP contribution < -0.4 is 0 Å². The van der Waals surface area contributed by atoms with Crippen LogP contribution in [0.2, 0.25) is 0 Å². The first-order chi connectivity index (χ1) is 12.5. The van der Waals surface area contributed by atoms with Crippen molar-refractivity contribution in [3.63, 3.8) is 0 Å². The normalized spacial score (nSPS) is 15.0. The van der Waals surface area contributed by atoms with E-state index in [1.54, 1.807) is 23.1 Å². The lowest BCUT2D eigenvalue weighted by atomic mass is 9.94. The van der Waals surface area contributed by atoms with E-state index in [1.807, 2.05) is 0 Å². The monoisotopic (exact) mass is 360 g/mol. The van der Waals surface area contributed by atoms with Crippen LogP contribution in [0.4, 0.5) is 5.69 Å². The molecule has 0 unspecified atom stereocenters. The second-order valence-electron chi connectivity index (χ2n) is 6.33. The van der Waals surface area contributed by atoms with Crippen molar-refractivity contribution >= 4 is 23.6 Å². The third-order valence-electron chi connectivity index (χ3n) is 4.61. The van der Waals surface area contributed by atoms with Crippen LogP contribution in [-0.2, 0) is 14.3 Å². The van der Waals surface area contributed by atoms with E-state index in [4.69, 9.17) is 0 Å². The Bertz CT molecular complexity index is 663. The summed E-state index contributed by atoms with van der Waals surface area (Å²) in [7, 11) is 1.34. The number of esters is 1. The maximum absolute atomic E-state index is 12.7. The van der Waals surface area contributed by atoms with E-state index in [2.05, 4.69) is 4.74 Å². The predicted molar refractivity (Wildman–Crippen MR) is 97.3 cm³/mol. The minimum atomic E-state index is -0.462. The molecule has 1 saturated carbocycles. The highest BCUT2D eigenvalue weighted by atomic mass is 16.6. The number of methoxy groups -OCH3 is 1. The van der Waals surface area contributed by atoms with Gasteiger partial charge in [-0.1, -0.05) is 19.3 Å². The van der Waals surface area contributed by atoms with Crippen molar-refractivity contribution in [3.8, 4) is 0 Å². The van der Waals surface area contributed by atoms with Gasteiger partial charge in [-0.25, -0.2) is 0 Å². The maximum atomic E-state index is 12.7. The van der Waals surface area contributed by atoms with Crippen LogP contribution in [0.25, 0.3) is 6.08 Å². The number of benzene rings is 1. The Labute approximate surface area is 152 Å². The number of nitrogens with zero attached hydrogens (tertiary/aromatic N) is 2. The van der Waals surface area contributed by atoms with Crippen LogP contribution in [0.3, 0.4) is 0 Å². The van der Waals surface area contributed by atoms with Crippen molar-refractivity contribution < 1.29 is 19.2 Å². The van der Waals surface area contributed by atoms with E-state index >= 15 is 0 Å². The summed E-state index contributed by atoms with van der Waals surface area (Å²) in [4.78, 5) is 36.1. The van der Waals surface area contributed by atoms with Gasteiger partial charge in [0.1, 0.15) is 0 Å². The molecule has 1 aliphatic carbocycles. The van der Waals surface area contributed by atoms with E-state index in [0.29, 0.717) is 12.1 Å². The molecule has 7 nitrogen and oxygen atoms in total. The van der Waals surface area contributed by atoms with Gasteiger partial charge < -0.3 is 9.64 Å². The van der Waals surface area contributed by atoms with Crippen LogP contribution in [0.5, 0.6) is 0 Å². The molecule has 1 aromatic carbocycles. The minimum Gasteiger partial charge on any atom is -0.469 e. The van der Waals surface area contributed by atoms with Gasteiger partial charge in [-0.05, 0) is 36.6 Å². The first-order valence-corrected chi connectivity index (χ1v) is 8.81. The van der Waals surface area contributed by atoms with Crippen LogP contribution >= 0.6 is 0 Å². The molecular weight excluding hydrogens is 336 g/mol. The lowest BCUT2D eigenvalue weighted by Crippen LogP contribution is -2.41. The third kappa shape index (κ3) is 5.68. The highest BCUT2D eigenvalue weighted by Crippen LogP contribution is 2.23. The lowest BCUT2D eigenvalue weighted by molar-refractivity contribution is -0.384. The summed E-state index contributed by atoms with van der Waals surface area (Å²) in [5.74, 6) is -0.489. The lowest BCUT2D eigenvalue weighted by Gasteiger charge is -2.33. The van der Waals surface area contributed by atoms with Crippen LogP contribution in [-0.4, -0.2) is 41.4 Å². The molecule has 2 rings (SSSR count). The third-order valence-corrected chi connectivity index (χ3v) is 4.61. The van der Waals surface area contributed by atoms with Gasteiger partial charge in [-0.3, -0.25) is 19.7 Å². The number of carbonyl (C=O) groups excluding carboxylic acids is 2. The fourth-order valence-corrected chi connectivity index (χ4v) is 3.15. The van der Waals surface area contributed by atoms with Gasteiger partial charge in [-0.15, -0.1) is 0 Å². The standard InChI is InChI=1S/C19H24N2O5/c1-26-19(23)13-14-20(16-5-3-2-4-6-16)18(22)12-9-15-7-10-17(11-8-15)21(24)25/h7-12,16H,2-6,13-14H2,1H3/b12-9+.